The van der Waals surface area contributed by atoms with Gasteiger partial charge in [-0.1, -0.05) is 30.3 Å². The van der Waals surface area contributed by atoms with Crippen molar-refractivity contribution in [2.45, 2.75) is 32.2 Å². The van der Waals surface area contributed by atoms with E-state index in [1.165, 1.54) is 17.5 Å². The third kappa shape index (κ3) is 3.42. The molecular weight excluding hydrogens is 388 g/mol. The summed E-state index contributed by atoms with van der Waals surface area (Å²) in [5.74, 6) is -0.587. The van der Waals surface area contributed by atoms with Gasteiger partial charge in [0.25, 0.3) is 0 Å². The van der Waals surface area contributed by atoms with Gasteiger partial charge in [0.05, 0.1) is 0 Å². The fourth-order valence-corrected chi connectivity index (χ4v) is 4.40. The van der Waals surface area contributed by atoms with Crippen LogP contribution in [-0.4, -0.2) is 23.5 Å². The quantitative estimate of drug-likeness (QED) is 0.523. The Hall–Kier alpha value is -3.73. The summed E-state index contributed by atoms with van der Waals surface area (Å²) in [5, 5.41) is 6.11. The molecule has 2 aliphatic rings. The van der Waals surface area contributed by atoms with Gasteiger partial charge in [0.15, 0.2) is 11.6 Å². The minimum atomic E-state index is -0.464. The summed E-state index contributed by atoms with van der Waals surface area (Å²) >= 11 is 0. The van der Waals surface area contributed by atoms with Crippen LogP contribution in [0.25, 0.3) is 0 Å². The molecule has 2 N–H and O–H groups in total. The Morgan fingerprint density at radius 1 is 0.774 bits per heavy atom. The number of carbonyl (C=O) groups is 3. The number of amides is 1. The molecular formula is C26H22N2O3. The fraction of sp³-hybridized carbons (Fsp3) is 0.192. The minimum Gasteiger partial charge on any atom is -0.374 e. The van der Waals surface area contributed by atoms with Gasteiger partial charge >= 0.3 is 0 Å². The number of anilines is 2. The number of nitrogens with one attached hydrogen (secondary N) is 2. The van der Waals surface area contributed by atoms with Crippen molar-refractivity contribution in [3.8, 4) is 0 Å². The lowest BCUT2D eigenvalue weighted by atomic mass is 9.84. The average Bonchev–Trinajstić information content (AvgIpc) is 3.25. The van der Waals surface area contributed by atoms with Crippen LogP contribution in [0.4, 0.5) is 11.4 Å². The van der Waals surface area contributed by atoms with E-state index in [9.17, 15) is 14.4 Å². The van der Waals surface area contributed by atoms with Crippen molar-refractivity contribution in [1.29, 1.82) is 0 Å². The first-order valence-electron chi connectivity index (χ1n) is 10.5. The van der Waals surface area contributed by atoms with Crippen LogP contribution < -0.4 is 10.6 Å². The lowest BCUT2D eigenvalue weighted by molar-refractivity contribution is -0.116. The molecule has 0 bridgehead atoms. The lowest BCUT2D eigenvalue weighted by Crippen LogP contribution is -2.32. The van der Waals surface area contributed by atoms with Crippen LogP contribution >= 0.6 is 0 Å². The predicted molar refractivity (Wildman–Crippen MR) is 120 cm³/mol. The molecule has 0 saturated carbocycles. The van der Waals surface area contributed by atoms with Crippen molar-refractivity contribution in [3.63, 3.8) is 0 Å². The van der Waals surface area contributed by atoms with Gasteiger partial charge in [-0.3, -0.25) is 14.4 Å². The van der Waals surface area contributed by atoms with Gasteiger partial charge in [-0.15, -0.1) is 0 Å². The summed E-state index contributed by atoms with van der Waals surface area (Å²) in [7, 11) is 0. The lowest BCUT2D eigenvalue weighted by Gasteiger charge is -2.19. The third-order valence-electron chi connectivity index (χ3n) is 6.07. The van der Waals surface area contributed by atoms with Gasteiger partial charge in [0.1, 0.15) is 6.04 Å². The molecule has 0 aliphatic heterocycles. The molecule has 3 aromatic rings. The number of ketones is 2. The van der Waals surface area contributed by atoms with Gasteiger partial charge in [-0.05, 0) is 67.6 Å². The summed E-state index contributed by atoms with van der Waals surface area (Å²) in [5.41, 5.74) is 5.65. The van der Waals surface area contributed by atoms with E-state index in [1.807, 2.05) is 6.07 Å². The molecule has 1 amide bonds. The van der Waals surface area contributed by atoms with Crippen molar-refractivity contribution in [2.75, 3.05) is 10.6 Å². The zero-order chi connectivity index (χ0) is 21.5. The van der Waals surface area contributed by atoms with Crippen molar-refractivity contribution in [2.24, 2.45) is 0 Å². The monoisotopic (exact) mass is 410 g/mol. The summed E-state index contributed by atoms with van der Waals surface area (Å²) in [6.45, 7) is 1.80. The molecule has 0 heterocycles. The Morgan fingerprint density at radius 2 is 1.42 bits per heavy atom. The van der Waals surface area contributed by atoms with E-state index in [0.29, 0.717) is 27.9 Å². The highest BCUT2D eigenvalue weighted by Gasteiger charge is 2.29. The van der Waals surface area contributed by atoms with Crippen molar-refractivity contribution >= 4 is 28.8 Å². The number of aryl methyl sites for hydroxylation is 2. The number of hydrogen-bond donors (Lipinski definition) is 2. The number of hydrogen-bond acceptors (Lipinski definition) is 4. The molecule has 2 aliphatic carbocycles. The van der Waals surface area contributed by atoms with E-state index in [1.54, 1.807) is 49.4 Å². The van der Waals surface area contributed by atoms with Crippen LogP contribution in [0.15, 0.2) is 60.7 Å². The molecule has 5 nitrogen and oxygen atoms in total. The zero-order valence-corrected chi connectivity index (χ0v) is 17.2. The van der Waals surface area contributed by atoms with E-state index < -0.39 is 6.04 Å². The largest absolute Gasteiger partial charge is 0.374 e. The SMILES string of the molecule is C[C@H](Nc1ccc2c(c1)CCC2)C(=O)Nc1ccc2c(c1)C(=O)c1ccccc1C2=O. The van der Waals surface area contributed by atoms with Crippen molar-refractivity contribution in [3.05, 3.63) is 94.0 Å². The van der Waals surface area contributed by atoms with E-state index >= 15 is 0 Å². The second-order valence-corrected chi connectivity index (χ2v) is 8.16. The first-order valence-corrected chi connectivity index (χ1v) is 10.5. The van der Waals surface area contributed by atoms with Gasteiger partial charge < -0.3 is 10.6 Å². The molecule has 0 radical (unpaired) electrons. The second kappa shape index (κ2) is 7.51. The zero-order valence-electron chi connectivity index (χ0n) is 17.2. The van der Waals surface area contributed by atoms with Crippen molar-refractivity contribution < 1.29 is 14.4 Å². The molecule has 5 heteroatoms. The standard InChI is InChI=1S/C26H22N2O3/c1-15(27-18-10-9-16-5-4-6-17(16)13-18)26(31)28-19-11-12-22-23(14-19)25(30)21-8-3-2-7-20(21)24(22)29/h2-3,7-15,27H,4-6H2,1H3,(H,28,31)/t15-/m0/s1. The van der Waals surface area contributed by atoms with Gasteiger partial charge in [0, 0.05) is 33.6 Å². The van der Waals surface area contributed by atoms with E-state index in [0.717, 1.165) is 18.5 Å². The first-order chi connectivity index (χ1) is 15.0. The van der Waals surface area contributed by atoms with Crippen LogP contribution in [0, 0.1) is 0 Å². The molecule has 1 atom stereocenters. The Bertz CT molecular complexity index is 1250. The second-order valence-electron chi connectivity index (χ2n) is 8.16. The topological polar surface area (TPSA) is 75.3 Å². The maximum absolute atomic E-state index is 12.9. The fourth-order valence-electron chi connectivity index (χ4n) is 4.40. The van der Waals surface area contributed by atoms with Crippen LogP contribution in [-0.2, 0) is 17.6 Å². The molecule has 0 saturated heterocycles. The molecule has 0 fully saturated rings. The van der Waals surface area contributed by atoms with Gasteiger partial charge in [0.2, 0.25) is 5.91 Å². The maximum Gasteiger partial charge on any atom is 0.246 e. The summed E-state index contributed by atoms with van der Waals surface area (Å²) in [6.07, 6.45) is 3.38. The summed E-state index contributed by atoms with van der Waals surface area (Å²) in [6, 6.07) is 17.5. The van der Waals surface area contributed by atoms with Crippen molar-refractivity contribution in [1.82, 2.24) is 0 Å². The molecule has 0 aromatic heterocycles. The Labute approximate surface area is 180 Å². The van der Waals surface area contributed by atoms with Gasteiger partial charge in [-0.25, -0.2) is 0 Å². The number of carbonyl (C=O) groups excluding carboxylic acids is 3. The molecule has 0 unspecified atom stereocenters. The predicted octanol–water partition coefficient (Wildman–Crippen LogP) is 4.39. The van der Waals surface area contributed by atoms with Gasteiger partial charge in [-0.2, -0.15) is 0 Å². The molecule has 0 spiro atoms. The van der Waals surface area contributed by atoms with Crippen LogP contribution in [0.2, 0.25) is 0 Å². The highest BCUT2D eigenvalue weighted by molar-refractivity contribution is 6.28. The van der Waals surface area contributed by atoms with E-state index in [-0.39, 0.29) is 17.5 Å². The highest BCUT2D eigenvalue weighted by Crippen LogP contribution is 2.29. The Kier molecular flexibility index (Phi) is 4.66. The molecule has 5 rings (SSSR count). The third-order valence-corrected chi connectivity index (χ3v) is 6.07. The maximum atomic E-state index is 12.9. The Balaban J connectivity index is 1.33. The first kappa shape index (κ1) is 19.2. The van der Waals surface area contributed by atoms with Crippen LogP contribution in [0.5, 0.6) is 0 Å². The summed E-state index contributed by atoms with van der Waals surface area (Å²) < 4.78 is 0. The number of rotatable bonds is 4. The summed E-state index contributed by atoms with van der Waals surface area (Å²) in [4.78, 5) is 38.3. The molecule has 31 heavy (non-hydrogen) atoms. The van der Waals surface area contributed by atoms with E-state index in [4.69, 9.17) is 0 Å². The average molecular weight is 410 g/mol. The number of fused-ring (bicyclic) bond motifs is 3. The highest BCUT2D eigenvalue weighted by atomic mass is 16.2. The van der Waals surface area contributed by atoms with Crippen LogP contribution in [0.3, 0.4) is 0 Å². The Morgan fingerprint density at radius 3 is 2.19 bits per heavy atom. The smallest absolute Gasteiger partial charge is 0.246 e. The number of benzene rings is 3. The van der Waals surface area contributed by atoms with E-state index in [2.05, 4.69) is 22.8 Å². The normalized spacial score (nSPS) is 15.0. The molecule has 154 valence electrons. The van der Waals surface area contributed by atoms with Crippen LogP contribution in [0.1, 0.15) is 56.3 Å². The molecule has 3 aromatic carbocycles. The minimum absolute atomic E-state index is 0.172.